The fraction of sp³-hybridized carbons (Fsp3) is 0.0952. The van der Waals surface area contributed by atoms with Gasteiger partial charge in [-0.3, -0.25) is 0 Å². The van der Waals surface area contributed by atoms with Gasteiger partial charge < -0.3 is 19.6 Å². The van der Waals surface area contributed by atoms with Crippen molar-refractivity contribution in [2.24, 2.45) is 0 Å². The molecule has 4 rings (SSSR count). The van der Waals surface area contributed by atoms with E-state index >= 15 is 0 Å². The van der Waals surface area contributed by atoms with E-state index in [2.05, 4.69) is 20.3 Å². The number of hydrogen-bond acceptors (Lipinski definition) is 7. The van der Waals surface area contributed by atoms with Crippen LogP contribution >= 0.6 is 0 Å². The highest BCUT2D eigenvalue weighted by molar-refractivity contribution is 5.32. The number of phenolic OH excluding ortho intramolecular Hbond substituents is 1. The van der Waals surface area contributed by atoms with Gasteiger partial charge in [0.05, 0.1) is 12.8 Å². The van der Waals surface area contributed by atoms with Crippen LogP contribution in [0.1, 0.15) is 17.1 Å². The van der Waals surface area contributed by atoms with Crippen molar-refractivity contribution in [2.45, 2.75) is 13.0 Å². The van der Waals surface area contributed by atoms with Crippen molar-refractivity contribution in [1.29, 1.82) is 0 Å². The Morgan fingerprint density at radius 3 is 2.46 bits per heavy atom. The largest absolute Gasteiger partial charge is 0.508 e. The van der Waals surface area contributed by atoms with Gasteiger partial charge in [-0.25, -0.2) is 0 Å². The zero-order valence-corrected chi connectivity index (χ0v) is 14.9. The third-order valence-corrected chi connectivity index (χ3v) is 3.91. The number of furan rings is 1. The minimum atomic E-state index is 0.205. The summed E-state index contributed by atoms with van der Waals surface area (Å²) in [6, 6.07) is 20.1. The highest BCUT2D eigenvalue weighted by Crippen LogP contribution is 2.20. The third-order valence-electron chi connectivity index (χ3n) is 3.91. The fourth-order valence-electron chi connectivity index (χ4n) is 2.57. The molecule has 140 valence electrons. The summed E-state index contributed by atoms with van der Waals surface area (Å²) in [6.07, 6.45) is 2.09. The van der Waals surface area contributed by atoms with Gasteiger partial charge in [0.25, 0.3) is 0 Å². The number of nitrogens with one attached hydrogen (secondary N) is 1. The average Bonchev–Trinajstić information content (AvgIpc) is 3.23. The number of hydrogen-bond donors (Lipinski definition) is 2. The molecule has 0 saturated carbocycles. The van der Waals surface area contributed by atoms with Crippen molar-refractivity contribution in [1.82, 2.24) is 15.0 Å². The SMILES string of the molecule is Oc1ccc(Cc2nc(NCc3ccco3)nc(Oc3ccccc3)n2)cc1. The molecular formula is C21H18N4O3. The van der Waals surface area contributed by atoms with Gasteiger partial charge in [-0.15, -0.1) is 0 Å². The first kappa shape index (κ1) is 17.5. The number of aromatic nitrogens is 3. The van der Waals surface area contributed by atoms with Gasteiger partial charge in [-0.1, -0.05) is 30.3 Å². The Balaban J connectivity index is 1.58. The van der Waals surface area contributed by atoms with Crippen molar-refractivity contribution in [3.8, 4) is 17.5 Å². The summed E-state index contributed by atoms with van der Waals surface area (Å²) in [5.74, 6) is 2.57. The van der Waals surface area contributed by atoms with Crippen LogP contribution in [0.25, 0.3) is 0 Å². The lowest BCUT2D eigenvalue weighted by Gasteiger charge is -2.09. The molecule has 0 aliphatic rings. The maximum atomic E-state index is 9.46. The summed E-state index contributed by atoms with van der Waals surface area (Å²) < 4.78 is 11.1. The standard InChI is InChI=1S/C21H18N4O3/c26-16-10-8-15(9-11-16)13-19-23-20(22-14-18-7-4-12-27-18)25-21(24-19)28-17-5-2-1-3-6-17/h1-12,26H,13-14H2,(H,22,23,24,25). The molecule has 2 aromatic carbocycles. The smallest absolute Gasteiger partial charge is 0.327 e. The quantitative estimate of drug-likeness (QED) is 0.501. The highest BCUT2D eigenvalue weighted by Gasteiger charge is 2.10. The number of rotatable bonds is 7. The van der Waals surface area contributed by atoms with Crippen LogP contribution in [-0.2, 0) is 13.0 Å². The first-order valence-electron chi connectivity index (χ1n) is 8.76. The van der Waals surface area contributed by atoms with Crippen molar-refractivity contribution in [3.05, 3.63) is 90.1 Å². The number of anilines is 1. The third kappa shape index (κ3) is 4.64. The lowest BCUT2D eigenvalue weighted by Crippen LogP contribution is -2.08. The molecule has 0 bridgehead atoms. The van der Waals surface area contributed by atoms with Crippen molar-refractivity contribution >= 4 is 5.95 Å². The summed E-state index contributed by atoms with van der Waals surface area (Å²) >= 11 is 0. The predicted molar refractivity (Wildman–Crippen MR) is 103 cm³/mol. The maximum absolute atomic E-state index is 9.46. The molecule has 0 unspecified atom stereocenters. The summed E-state index contributed by atoms with van der Waals surface area (Å²) in [5.41, 5.74) is 0.964. The van der Waals surface area contributed by atoms with E-state index in [1.807, 2.05) is 54.6 Å². The van der Waals surface area contributed by atoms with E-state index in [0.29, 0.717) is 30.5 Å². The van der Waals surface area contributed by atoms with Crippen LogP contribution < -0.4 is 10.1 Å². The first-order valence-corrected chi connectivity index (χ1v) is 8.76. The molecule has 2 heterocycles. The molecule has 2 N–H and O–H groups in total. The van der Waals surface area contributed by atoms with Gasteiger partial charge in [-0.2, -0.15) is 15.0 Å². The van der Waals surface area contributed by atoms with E-state index in [4.69, 9.17) is 9.15 Å². The fourth-order valence-corrected chi connectivity index (χ4v) is 2.57. The Morgan fingerprint density at radius 1 is 0.893 bits per heavy atom. The predicted octanol–water partition coefficient (Wildman–Crippen LogP) is 4.17. The lowest BCUT2D eigenvalue weighted by molar-refractivity contribution is 0.437. The van der Waals surface area contributed by atoms with E-state index in [-0.39, 0.29) is 11.8 Å². The van der Waals surface area contributed by atoms with Crippen LogP contribution in [0.2, 0.25) is 0 Å². The summed E-state index contributed by atoms with van der Waals surface area (Å²) in [7, 11) is 0. The normalized spacial score (nSPS) is 10.6. The minimum absolute atomic E-state index is 0.205. The van der Waals surface area contributed by atoms with Crippen LogP contribution in [0.3, 0.4) is 0 Å². The molecule has 0 atom stereocenters. The zero-order valence-electron chi connectivity index (χ0n) is 14.9. The second kappa shape index (κ2) is 8.22. The molecule has 0 saturated heterocycles. The summed E-state index contributed by atoms with van der Waals surface area (Å²) in [5, 5.41) is 12.6. The van der Waals surface area contributed by atoms with E-state index in [1.54, 1.807) is 18.4 Å². The zero-order chi connectivity index (χ0) is 19.2. The Labute approximate surface area is 161 Å². The molecule has 0 spiro atoms. The number of aromatic hydroxyl groups is 1. The second-order valence-electron chi connectivity index (χ2n) is 6.05. The molecule has 4 aromatic rings. The van der Waals surface area contributed by atoms with Gasteiger partial charge in [0.15, 0.2) is 0 Å². The Hall–Kier alpha value is -3.87. The number of ether oxygens (including phenoxy) is 1. The summed E-state index contributed by atoms with van der Waals surface area (Å²) in [6.45, 7) is 0.445. The average molecular weight is 374 g/mol. The summed E-state index contributed by atoms with van der Waals surface area (Å²) in [4.78, 5) is 13.2. The van der Waals surface area contributed by atoms with Gasteiger partial charge in [0.1, 0.15) is 23.1 Å². The van der Waals surface area contributed by atoms with Gasteiger partial charge in [0.2, 0.25) is 5.95 Å². The number of benzene rings is 2. The topological polar surface area (TPSA) is 93.3 Å². The lowest BCUT2D eigenvalue weighted by atomic mass is 10.1. The second-order valence-corrected chi connectivity index (χ2v) is 6.05. The molecule has 0 fully saturated rings. The van der Waals surface area contributed by atoms with Gasteiger partial charge in [0, 0.05) is 6.42 Å². The molecule has 28 heavy (non-hydrogen) atoms. The molecule has 7 nitrogen and oxygen atoms in total. The van der Waals surface area contributed by atoms with Crippen LogP contribution in [0.15, 0.2) is 77.4 Å². The first-order chi connectivity index (χ1) is 13.7. The molecular weight excluding hydrogens is 356 g/mol. The van der Waals surface area contributed by atoms with E-state index < -0.39 is 0 Å². The molecule has 2 aromatic heterocycles. The molecule has 0 amide bonds. The molecule has 7 heteroatoms. The Kier molecular flexibility index (Phi) is 5.15. The Bertz CT molecular complexity index is 1020. The number of phenols is 1. The van der Waals surface area contributed by atoms with E-state index in [9.17, 15) is 5.11 Å². The van der Waals surface area contributed by atoms with E-state index in [0.717, 1.165) is 11.3 Å². The van der Waals surface area contributed by atoms with Crippen LogP contribution in [0.5, 0.6) is 17.5 Å². The molecule has 0 radical (unpaired) electrons. The number of nitrogens with zero attached hydrogens (tertiary/aromatic N) is 3. The highest BCUT2D eigenvalue weighted by atomic mass is 16.5. The number of para-hydroxylation sites is 1. The monoisotopic (exact) mass is 374 g/mol. The maximum Gasteiger partial charge on any atom is 0.327 e. The van der Waals surface area contributed by atoms with Crippen molar-refractivity contribution in [2.75, 3.05) is 5.32 Å². The van der Waals surface area contributed by atoms with Gasteiger partial charge in [-0.05, 0) is 42.0 Å². The molecule has 0 aliphatic heterocycles. The van der Waals surface area contributed by atoms with Crippen LogP contribution in [0.4, 0.5) is 5.95 Å². The molecule has 0 aliphatic carbocycles. The van der Waals surface area contributed by atoms with Gasteiger partial charge >= 0.3 is 6.01 Å². The van der Waals surface area contributed by atoms with E-state index in [1.165, 1.54) is 0 Å². The minimum Gasteiger partial charge on any atom is -0.508 e. The van der Waals surface area contributed by atoms with Crippen LogP contribution in [-0.4, -0.2) is 20.1 Å². The Morgan fingerprint density at radius 2 is 1.71 bits per heavy atom. The van der Waals surface area contributed by atoms with Crippen LogP contribution in [0, 0.1) is 0 Å². The van der Waals surface area contributed by atoms with Crippen molar-refractivity contribution < 1.29 is 14.3 Å². The van der Waals surface area contributed by atoms with Crippen molar-refractivity contribution in [3.63, 3.8) is 0 Å².